The summed E-state index contributed by atoms with van der Waals surface area (Å²) in [5.74, 6) is 0.746. The molecule has 0 spiro atoms. The summed E-state index contributed by atoms with van der Waals surface area (Å²) in [6.45, 7) is 6.88. The Hall–Kier alpha value is -0.0800. The van der Waals surface area contributed by atoms with Crippen LogP contribution in [0.1, 0.15) is 52.9 Å². The van der Waals surface area contributed by atoms with Crippen molar-refractivity contribution in [1.82, 2.24) is 5.32 Å². The average Bonchev–Trinajstić information content (AvgIpc) is 2.25. The molecular formula is C14H29NO. The summed E-state index contributed by atoms with van der Waals surface area (Å²) >= 11 is 0. The molecule has 0 heterocycles. The van der Waals surface area contributed by atoms with Gasteiger partial charge in [0.15, 0.2) is 0 Å². The van der Waals surface area contributed by atoms with Crippen LogP contribution in [0.15, 0.2) is 0 Å². The van der Waals surface area contributed by atoms with Crippen LogP contribution < -0.4 is 5.32 Å². The maximum atomic E-state index is 5.81. The first-order chi connectivity index (χ1) is 7.50. The molecule has 1 aliphatic carbocycles. The molecule has 0 aliphatic heterocycles. The molecule has 96 valence electrons. The van der Waals surface area contributed by atoms with Gasteiger partial charge >= 0.3 is 0 Å². The van der Waals surface area contributed by atoms with E-state index in [-0.39, 0.29) is 5.41 Å². The number of ether oxygens (including phenoxy) is 1. The van der Waals surface area contributed by atoms with Crippen LogP contribution in [0, 0.1) is 11.3 Å². The molecule has 1 saturated carbocycles. The van der Waals surface area contributed by atoms with Crippen molar-refractivity contribution < 1.29 is 4.74 Å². The summed E-state index contributed by atoms with van der Waals surface area (Å²) in [4.78, 5) is 0. The summed E-state index contributed by atoms with van der Waals surface area (Å²) < 4.78 is 5.81. The van der Waals surface area contributed by atoms with E-state index in [0.717, 1.165) is 5.92 Å². The third-order valence-corrected chi connectivity index (χ3v) is 3.96. The zero-order valence-corrected chi connectivity index (χ0v) is 11.7. The normalized spacial score (nSPS) is 23.1. The van der Waals surface area contributed by atoms with E-state index in [2.05, 4.69) is 33.1 Å². The largest absolute Gasteiger partial charge is 0.380 e. The number of likely N-dealkylation sites (N-methyl/N-ethyl adjacent to an activating group) is 1. The van der Waals surface area contributed by atoms with E-state index in [1.807, 2.05) is 7.11 Å². The van der Waals surface area contributed by atoms with Crippen molar-refractivity contribution in [2.24, 2.45) is 11.3 Å². The Morgan fingerprint density at radius 3 is 2.06 bits per heavy atom. The minimum Gasteiger partial charge on any atom is -0.380 e. The second kappa shape index (κ2) is 6.02. The van der Waals surface area contributed by atoms with Gasteiger partial charge in [-0.25, -0.2) is 0 Å². The van der Waals surface area contributed by atoms with Crippen molar-refractivity contribution in [3.63, 3.8) is 0 Å². The number of hydrogen-bond donors (Lipinski definition) is 1. The molecule has 0 amide bonds. The lowest BCUT2D eigenvalue weighted by Crippen LogP contribution is -2.51. The average molecular weight is 227 g/mol. The predicted octanol–water partition coefficient (Wildman–Crippen LogP) is 3.22. The van der Waals surface area contributed by atoms with Crippen molar-refractivity contribution >= 4 is 0 Å². The van der Waals surface area contributed by atoms with Crippen LogP contribution in [0.25, 0.3) is 0 Å². The smallest absolute Gasteiger partial charge is 0.0757 e. The van der Waals surface area contributed by atoms with Gasteiger partial charge in [0.05, 0.1) is 6.10 Å². The quantitative estimate of drug-likeness (QED) is 0.796. The van der Waals surface area contributed by atoms with Crippen LogP contribution in [0.2, 0.25) is 0 Å². The Labute approximate surface area is 101 Å². The predicted molar refractivity (Wildman–Crippen MR) is 69.7 cm³/mol. The molecule has 0 bridgehead atoms. The van der Waals surface area contributed by atoms with Crippen molar-refractivity contribution in [3.05, 3.63) is 0 Å². The molecule has 2 unspecified atom stereocenters. The highest BCUT2D eigenvalue weighted by Crippen LogP contribution is 2.34. The number of nitrogens with one attached hydrogen (secondary N) is 1. The van der Waals surface area contributed by atoms with Gasteiger partial charge in [0, 0.05) is 13.2 Å². The Bertz CT molecular complexity index is 191. The van der Waals surface area contributed by atoms with E-state index in [1.165, 1.54) is 32.1 Å². The molecule has 1 N–H and O–H groups in total. The fraction of sp³-hybridized carbons (Fsp3) is 1.00. The van der Waals surface area contributed by atoms with Crippen molar-refractivity contribution in [1.29, 1.82) is 0 Å². The van der Waals surface area contributed by atoms with E-state index in [1.54, 1.807) is 0 Å². The molecule has 1 fully saturated rings. The van der Waals surface area contributed by atoms with Crippen molar-refractivity contribution in [3.8, 4) is 0 Å². The van der Waals surface area contributed by atoms with Gasteiger partial charge in [0.2, 0.25) is 0 Å². The van der Waals surface area contributed by atoms with Crippen molar-refractivity contribution in [2.45, 2.75) is 65.0 Å². The Balaban J connectivity index is 2.69. The minimum absolute atomic E-state index is 0.257. The minimum atomic E-state index is 0.257. The third kappa shape index (κ3) is 3.46. The van der Waals surface area contributed by atoms with Crippen LogP contribution in [0.5, 0.6) is 0 Å². The van der Waals surface area contributed by atoms with Gasteiger partial charge < -0.3 is 10.1 Å². The molecular weight excluding hydrogens is 198 g/mol. The van der Waals surface area contributed by atoms with Crippen molar-refractivity contribution in [2.75, 3.05) is 14.2 Å². The highest BCUT2D eigenvalue weighted by molar-refractivity contribution is 4.91. The molecule has 0 radical (unpaired) electrons. The second-order valence-electron chi connectivity index (χ2n) is 6.23. The lowest BCUT2D eigenvalue weighted by Gasteiger charge is -2.41. The number of rotatable bonds is 4. The molecule has 0 aromatic heterocycles. The fourth-order valence-corrected chi connectivity index (χ4v) is 3.15. The molecule has 0 aromatic rings. The van der Waals surface area contributed by atoms with E-state index >= 15 is 0 Å². The van der Waals surface area contributed by atoms with Crippen LogP contribution in [0.3, 0.4) is 0 Å². The first kappa shape index (κ1) is 14.0. The number of methoxy groups -OCH3 is 1. The van der Waals surface area contributed by atoms with Crippen LogP contribution in [-0.2, 0) is 4.74 Å². The summed E-state index contributed by atoms with van der Waals surface area (Å²) in [5.41, 5.74) is 0.257. The molecule has 2 atom stereocenters. The molecule has 1 rings (SSSR count). The lowest BCUT2D eigenvalue weighted by molar-refractivity contribution is -0.0191. The molecule has 2 nitrogen and oxygen atoms in total. The summed E-state index contributed by atoms with van der Waals surface area (Å²) in [7, 11) is 3.93. The van der Waals surface area contributed by atoms with Gasteiger partial charge in [-0.1, -0.05) is 40.0 Å². The zero-order valence-electron chi connectivity index (χ0n) is 11.7. The van der Waals surface area contributed by atoms with E-state index < -0.39 is 0 Å². The van der Waals surface area contributed by atoms with E-state index in [0.29, 0.717) is 12.1 Å². The number of hydrogen-bond acceptors (Lipinski definition) is 2. The molecule has 1 aliphatic rings. The van der Waals surface area contributed by atoms with E-state index in [4.69, 9.17) is 4.74 Å². The maximum absolute atomic E-state index is 5.81. The van der Waals surface area contributed by atoms with Gasteiger partial charge in [-0.05, 0) is 31.2 Å². The Morgan fingerprint density at radius 2 is 1.69 bits per heavy atom. The summed E-state index contributed by atoms with van der Waals surface area (Å²) in [5, 5.41) is 3.47. The molecule has 2 heteroatoms. The molecule has 0 aromatic carbocycles. The van der Waals surface area contributed by atoms with Crippen LogP contribution in [-0.4, -0.2) is 26.3 Å². The second-order valence-corrected chi connectivity index (χ2v) is 6.23. The van der Waals surface area contributed by atoms with Gasteiger partial charge in [-0.3, -0.25) is 0 Å². The highest BCUT2D eigenvalue weighted by atomic mass is 16.5. The highest BCUT2D eigenvalue weighted by Gasteiger charge is 2.36. The van der Waals surface area contributed by atoms with Gasteiger partial charge in [0.1, 0.15) is 0 Å². The van der Waals surface area contributed by atoms with Crippen LogP contribution in [0.4, 0.5) is 0 Å². The standard InChI is InChI=1S/C14H29NO/c1-14(2,3)13(15-4)12(16-5)11-9-7-6-8-10-11/h11-13,15H,6-10H2,1-5H3. The lowest BCUT2D eigenvalue weighted by atomic mass is 9.75. The topological polar surface area (TPSA) is 21.3 Å². The maximum Gasteiger partial charge on any atom is 0.0757 e. The van der Waals surface area contributed by atoms with Gasteiger partial charge in [-0.15, -0.1) is 0 Å². The fourth-order valence-electron chi connectivity index (χ4n) is 3.15. The Kier molecular flexibility index (Phi) is 5.26. The Morgan fingerprint density at radius 1 is 1.12 bits per heavy atom. The molecule has 16 heavy (non-hydrogen) atoms. The zero-order chi connectivity index (χ0) is 12.2. The first-order valence-electron chi connectivity index (χ1n) is 6.70. The summed E-state index contributed by atoms with van der Waals surface area (Å²) in [6.07, 6.45) is 7.22. The molecule has 0 saturated heterocycles. The van der Waals surface area contributed by atoms with E-state index in [9.17, 15) is 0 Å². The SMILES string of the molecule is CNC(C(OC)C1CCCCC1)C(C)(C)C. The van der Waals surface area contributed by atoms with Crippen LogP contribution >= 0.6 is 0 Å². The van der Waals surface area contributed by atoms with Gasteiger partial charge in [0.25, 0.3) is 0 Å². The monoisotopic (exact) mass is 227 g/mol. The van der Waals surface area contributed by atoms with Gasteiger partial charge in [-0.2, -0.15) is 0 Å². The third-order valence-electron chi connectivity index (χ3n) is 3.96. The first-order valence-corrected chi connectivity index (χ1v) is 6.70. The summed E-state index contributed by atoms with van der Waals surface area (Å²) in [6, 6.07) is 0.445.